The molecule has 2 aliphatic heterocycles. The summed E-state index contributed by atoms with van der Waals surface area (Å²) in [7, 11) is 0. The van der Waals surface area contributed by atoms with Gasteiger partial charge in [0.15, 0.2) is 0 Å². The number of urea groups is 1. The van der Waals surface area contributed by atoms with Crippen molar-refractivity contribution in [3.63, 3.8) is 0 Å². The number of piperidine rings is 1. The van der Waals surface area contributed by atoms with Gasteiger partial charge < -0.3 is 10.2 Å². The number of hydrogen-bond donors (Lipinski definition) is 2. The van der Waals surface area contributed by atoms with E-state index in [-0.39, 0.29) is 18.2 Å². The van der Waals surface area contributed by atoms with Gasteiger partial charge in [-0.25, -0.2) is 4.79 Å². The summed E-state index contributed by atoms with van der Waals surface area (Å²) in [5.74, 6) is 0.0296. The van der Waals surface area contributed by atoms with Crippen molar-refractivity contribution in [3.8, 4) is 0 Å². The molecule has 1 unspecified atom stereocenters. The monoisotopic (exact) mass is 333 g/mol. The van der Waals surface area contributed by atoms with Crippen LogP contribution in [0.4, 0.5) is 4.79 Å². The Labute approximate surface area is 140 Å². The van der Waals surface area contributed by atoms with Crippen LogP contribution in [0.3, 0.4) is 0 Å². The molecule has 2 fully saturated rings. The third-order valence-corrected chi connectivity index (χ3v) is 4.74. The third kappa shape index (κ3) is 3.27. The van der Waals surface area contributed by atoms with Crippen molar-refractivity contribution in [2.45, 2.75) is 44.6 Å². The highest BCUT2D eigenvalue weighted by molar-refractivity contribution is 6.05. The maximum Gasteiger partial charge on any atom is 0.324 e. The summed E-state index contributed by atoms with van der Waals surface area (Å²) in [6, 6.07) is 0.858. The smallest absolute Gasteiger partial charge is 0.324 e. The topological polar surface area (TPSA) is 98.4 Å². The minimum Gasteiger partial charge on any atom is -0.343 e. The van der Waals surface area contributed by atoms with Gasteiger partial charge in [-0.15, -0.1) is 0 Å². The molecule has 1 atom stereocenters. The van der Waals surface area contributed by atoms with Crippen molar-refractivity contribution >= 4 is 17.8 Å². The first-order valence-corrected chi connectivity index (χ1v) is 8.49. The molecule has 3 heterocycles. The fourth-order valence-electron chi connectivity index (χ4n) is 3.39. The van der Waals surface area contributed by atoms with Crippen LogP contribution in [0, 0.1) is 0 Å². The minimum absolute atomic E-state index is 0.0412. The SMILES string of the molecule is CCCN1C(=O)NC(CC(=O)N2CCC(c3ccn[nH]3)CC2)C1=O. The first-order chi connectivity index (χ1) is 11.6. The second-order valence-electron chi connectivity index (χ2n) is 6.36. The Bertz CT molecular complexity index is 607. The number of aromatic nitrogens is 2. The molecule has 0 bridgehead atoms. The Kier molecular flexibility index (Phi) is 4.82. The van der Waals surface area contributed by atoms with Gasteiger partial charge in [0.2, 0.25) is 5.91 Å². The number of amides is 4. The van der Waals surface area contributed by atoms with E-state index in [9.17, 15) is 14.4 Å². The molecule has 0 radical (unpaired) electrons. The van der Waals surface area contributed by atoms with Crippen LogP contribution in [-0.2, 0) is 9.59 Å². The quantitative estimate of drug-likeness (QED) is 0.780. The van der Waals surface area contributed by atoms with Gasteiger partial charge in [-0.1, -0.05) is 6.92 Å². The molecule has 2 saturated heterocycles. The van der Waals surface area contributed by atoms with Crippen molar-refractivity contribution in [3.05, 3.63) is 18.0 Å². The van der Waals surface area contributed by atoms with Crippen molar-refractivity contribution in [2.75, 3.05) is 19.6 Å². The number of nitrogens with one attached hydrogen (secondary N) is 2. The van der Waals surface area contributed by atoms with E-state index >= 15 is 0 Å². The first-order valence-electron chi connectivity index (χ1n) is 8.49. The van der Waals surface area contributed by atoms with Gasteiger partial charge >= 0.3 is 6.03 Å². The van der Waals surface area contributed by atoms with Gasteiger partial charge in [-0.05, 0) is 25.3 Å². The van der Waals surface area contributed by atoms with Crippen LogP contribution < -0.4 is 5.32 Å². The normalized spacial score (nSPS) is 22.1. The van der Waals surface area contributed by atoms with Gasteiger partial charge in [-0.2, -0.15) is 5.10 Å². The number of nitrogens with zero attached hydrogens (tertiary/aromatic N) is 3. The molecule has 0 spiro atoms. The molecule has 1 aromatic heterocycles. The van der Waals surface area contributed by atoms with Crippen molar-refractivity contribution in [2.24, 2.45) is 0 Å². The predicted molar refractivity (Wildman–Crippen MR) is 86.1 cm³/mol. The van der Waals surface area contributed by atoms with Crippen LogP contribution in [0.25, 0.3) is 0 Å². The Morgan fingerprint density at radius 2 is 2.08 bits per heavy atom. The lowest BCUT2D eigenvalue weighted by molar-refractivity contribution is -0.136. The Hall–Kier alpha value is -2.38. The molecule has 3 rings (SSSR count). The molecule has 0 aliphatic carbocycles. The lowest BCUT2D eigenvalue weighted by Crippen LogP contribution is -2.42. The van der Waals surface area contributed by atoms with Crippen LogP contribution in [-0.4, -0.2) is 63.5 Å². The number of aromatic amines is 1. The van der Waals surface area contributed by atoms with E-state index < -0.39 is 12.1 Å². The fraction of sp³-hybridized carbons (Fsp3) is 0.625. The average Bonchev–Trinajstić information content (AvgIpc) is 3.20. The molecule has 0 aromatic carbocycles. The zero-order chi connectivity index (χ0) is 17.1. The summed E-state index contributed by atoms with van der Waals surface area (Å²) in [5, 5.41) is 9.57. The lowest BCUT2D eigenvalue weighted by atomic mass is 9.93. The molecule has 8 nitrogen and oxygen atoms in total. The van der Waals surface area contributed by atoms with Crippen molar-refractivity contribution < 1.29 is 14.4 Å². The highest BCUT2D eigenvalue weighted by Gasteiger charge is 2.39. The van der Waals surface area contributed by atoms with Gasteiger partial charge in [-0.3, -0.25) is 19.6 Å². The van der Waals surface area contributed by atoms with Gasteiger partial charge in [0.1, 0.15) is 6.04 Å². The summed E-state index contributed by atoms with van der Waals surface area (Å²) < 4.78 is 0. The Morgan fingerprint density at radius 3 is 2.71 bits per heavy atom. The largest absolute Gasteiger partial charge is 0.343 e. The van der Waals surface area contributed by atoms with Crippen molar-refractivity contribution in [1.82, 2.24) is 25.3 Å². The van der Waals surface area contributed by atoms with Gasteiger partial charge in [0.05, 0.1) is 6.42 Å². The lowest BCUT2D eigenvalue weighted by Gasteiger charge is -2.32. The molecular weight excluding hydrogens is 310 g/mol. The molecule has 2 N–H and O–H groups in total. The molecule has 24 heavy (non-hydrogen) atoms. The maximum atomic E-state index is 12.4. The number of carbonyl (C=O) groups excluding carboxylic acids is 3. The van der Waals surface area contributed by atoms with E-state index in [4.69, 9.17) is 0 Å². The molecular formula is C16H23N5O3. The summed E-state index contributed by atoms with van der Waals surface area (Å²) in [5.41, 5.74) is 1.11. The highest BCUT2D eigenvalue weighted by atomic mass is 16.2. The van der Waals surface area contributed by atoms with Crippen LogP contribution in [0.5, 0.6) is 0 Å². The van der Waals surface area contributed by atoms with E-state index in [0.717, 1.165) is 18.5 Å². The second kappa shape index (κ2) is 7.02. The average molecular weight is 333 g/mol. The van der Waals surface area contributed by atoms with E-state index in [1.54, 1.807) is 11.1 Å². The van der Waals surface area contributed by atoms with Crippen LogP contribution in [0.2, 0.25) is 0 Å². The Balaban J connectivity index is 1.51. The standard InChI is InChI=1S/C16H23N5O3/c1-2-7-21-15(23)13(18-16(21)24)10-14(22)20-8-4-11(5-9-20)12-3-6-17-19-12/h3,6,11,13H,2,4-5,7-10H2,1H3,(H,17,19)(H,18,24). The number of imide groups is 1. The molecule has 8 heteroatoms. The fourth-order valence-corrected chi connectivity index (χ4v) is 3.39. The molecule has 130 valence electrons. The molecule has 2 aliphatic rings. The zero-order valence-electron chi connectivity index (χ0n) is 13.8. The number of likely N-dealkylation sites (tertiary alicyclic amines) is 1. The molecule has 4 amide bonds. The minimum atomic E-state index is -0.720. The summed E-state index contributed by atoms with van der Waals surface area (Å²) >= 11 is 0. The number of hydrogen-bond acceptors (Lipinski definition) is 4. The van der Waals surface area contributed by atoms with Crippen LogP contribution in [0.1, 0.15) is 44.2 Å². The molecule has 0 saturated carbocycles. The van der Waals surface area contributed by atoms with Crippen LogP contribution >= 0.6 is 0 Å². The summed E-state index contributed by atoms with van der Waals surface area (Å²) in [6.07, 6.45) is 4.24. The maximum absolute atomic E-state index is 12.4. The summed E-state index contributed by atoms with van der Waals surface area (Å²) in [4.78, 5) is 39.4. The van der Waals surface area contributed by atoms with Gasteiger partial charge in [0.25, 0.3) is 5.91 Å². The zero-order valence-corrected chi connectivity index (χ0v) is 13.8. The van der Waals surface area contributed by atoms with Crippen molar-refractivity contribution in [1.29, 1.82) is 0 Å². The summed E-state index contributed by atoms with van der Waals surface area (Å²) in [6.45, 7) is 3.62. The Morgan fingerprint density at radius 1 is 1.33 bits per heavy atom. The number of carbonyl (C=O) groups is 3. The number of H-pyrrole nitrogens is 1. The highest BCUT2D eigenvalue weighted by Crippen LogP contribution is 2.26. The van der Waals surface area contributed by atoms with E-state index in [1.807, 2.05) is 13.0 Å². The van der Waals surface area contributed by atoms with E-state index in [0.29, 0.717) is 32.0 Å². The second-order valence-corrected chi connectivity index (χ2v) is 6.36. The molecule has 1 aromatic rings. The predicted octanol–water partition coefficient (Wildman–Crippen LogP) is 0.836. The van der Waals surface area contributed by atoms with Crippen LogP contribution in [0.15, 0.2) is 12.3 Å². The first kappa shape index (κ1) is 16.5. The van der Waals surface area contributed by atoms with E-state index in [2.05, 4.69) is 15.5 Å². The number of rotatable bonds is 5. The third-order valence-electron chi connectivity index (χ3n) is 4.74. The van der Waals surface area contributed by atoms with E-state index in [1.165, 1.54) is 4.90 Å². The van der Waals surface area contributed by atoms with Gasteiger partial charge in [0, 0.05) is 37.4 Å².